The lowest BCUT2D eigenvalue weighted by Gasteiger charge is -2.38. The van der Waals surface area contributed by atoms with Crippen molar-refractivity contribution in [3.8, 4) is 5.88 Å². The molecule has 2 atom stereocenters. The number of aryl methyl sites for hydroxylation is 1. The highest BCUT2D eigenvalue weighted by Gasteiger charge is 2.33. The molecule has 3 nitrogen and oxygen atoms in total. The van der Waals surface area contributed by atoms with E-state index < -0.39 is 0 Å². The van der Waals surface area contributed by atoms with Crippen LogP contribution in [0.1, 0.15) is 52.8 Å². The van der Waals surface area contributed by atoms with Crippen molar-refractivity contribution < 1.29 is 4.74 Å². The highest BCUT2D eigenvalue weighted by Crippen LogP contribution is 2.39. The molecule has 0 N–H and O–H groups in total. The summed E-state index contributed by atoms with van der Waals surface area (Å²) in [6, 6.07) is 1.72. The second-order valence-corrected chi connectivity index (χ2v) is 6.84. The quantitative estimate of drug-likeness (QED) is 0.776. The minimum absolute atomic E-state index is 0.231. The van der Waals surface area contributed by atoms with Gasteiger partial charge in [-0.25, -0.2) is 4.98 Å². The highest BCUT2D eigenvalue weighted by molar-refractivity contribution is 6.29. The smallest absolute Gasteiger partial charge is 0.218 e. The van der Waals surface area contributed by atoms with Crippen molar-refractivity contribution in [3.05, 3.63) is 17.0 Å². The van der Waals surface area contributed by atoms with E-state index in [2.05, 4.69) is 30.7 Å². The molecule has 19 heavy (non-hydrogen) atoms. The van der Waals surface area contributed by atoms with Gasteiger partial charge < -0.3 is 4.74 Å². The maximum absolute atomic E-state index is 6.05. The molecule has 0 spiro atoms. The first-order chi connectivity index (χ1) is 8.88. The topological polar surface area (TPSA) is 35.0 Å². The number of hydrogen-bond acceptors (Lipinski definition) is 3. The lowest BCUT2D eigenvalue weighted by Crippen LogP contribution is -2.34. The van der Waals surface area contributed by atoms with Gasteiger partial charge >= 0.3 is 0 Å². The van der Waals surface area contributed by atoms with Crippen LogP contribution in [0.2, 0.25) is 5.15 Å². The molecule has 1 aromatic rings. The Balaban J connectivity index is 2.10. The Hall–Kier alpha value is -0.830. The fourth-order valence-electron chi connectivity index (χ4n) is 3.18. The SMILES string of the molecule is CCc1nc(Cl)cc(OC2CC(C)CC(C)(C)C2)n1. The van der Waals surface area contributed by atoms with E-state index in [9.17, 15) is 0 Å². The monoisotopic (exact) mass is 282 g/mol. The molecule has 0 amide bonds. The van der Waals surface area contributed by atoms with Crippen molar-refractivity contribution >= 4 is 11.6 Å². The van der Waals surface area contributed by atoms with E-state index in [1.54, 1.807) is 6.07 Å². The predicted octanol–water partition coefficient (Wildman–Crippen LogP) is 4.29. The van der Waals surface area contributed by atoms with Crippen LogP contribution in [-0.2, 0) is 6.42 Å². The van der Waals surface area contributed by atoms with Gasteiger partial charge in [0.25, 0.3) is 0 Å². The number of hydrogen-bond donors (Lipinski definition) is 0. The zero-order valence-electron chi connectivity index (χ0n) is 12.2. The molecule has 0 aliphatic heterocycles. The summed E-state index contributed by atoms with van der Waals surface area (Å²) in [4.78, 5) is 8.56. The number of halogens is 1. The highest BCUT2D eigenvalue weighted by atomic mass is 35.5. The lowest BCUT2D eigenvalue weighted by atomic mass is 9.71. The Labute approximate surface area is 120 Å². The van der Waals surface area contributed by atoms with Gasteiger partial charge in [-0.1, -0.05) is 39.3 Å². The molecule has 4 heteroatoms. The molecular weight excluding hydrogens is 260 g/mol. The molecule has 0 bridgehead atoms. The Morgan fingerprint density at radius 1 is 1.37 bits per heavy atom. The van der Waals surface area contributed by atoms with Crippen molar-refractivity contribution in [1.29, 1.82) is 0 Å². The summed E-state index contributed by atoms with van der Waals surface area (Å²) in [7, 11) is 0. The number of ether oxygens (including phenoxy) is 1. The molecule has 2 unspecified atom stereocenters. The fourth-order valence-corrected chi connectivity index (χ4v) is 3.37. The van der Waals surface area contributed by atoms with E-state index >= 15 is 0 Å². The van der Waals surface area contributed by atoms with Gasteiger partial charge in [0.1, 0.15) is 17.1 Å². The summed E-state index contributed by atoms with van der Waals surface area (Å²) in [6.45, 7) is 8.93. The van der Waals surface area contributed by atoms with Gasteiger partial charge in [0.15, 0.2) is 0 Å². The Morgan fingerprint density at radius 3 is 2.74 bits per heavy atom. The molecule has 1 aromatic heterocycles. The minimum atomic E-state index is 0.231. The Bertz CT molecular complexity index is 448. The number of aromatic nitrogens is 2. The maximum Gasteiger partial charge on any atom is 0.218 e. The van der Waals surface area contributed by atoms with Gasteiger partial charge in [-0.15, -0.1) is 0 Å². The molecule has 2 rings (SSSR count). The van der Waals surface area contributed by atoms with E-state index in [1.165, 1.54) is 6.42 Å². The van der Waals surface area contributed by atoms with Gasteiger partial charge in [-0.05, 0) is 30.6 Å². The average Bonchev–Trinajstić information content (AvgIpc) is 2.24. The van der Waals surface area contributed by atoms with Crippen molar-refractivity contribution in [1.82, 2.24) is 9.97 Å². The van der Waals surface area contributed by atoms with E-state index in [1.807, 2.05) is 6.92 Å². The number of nitrogens with zero attached hydrogens (tertiary/aromatic N) is 2. The maximum atomic E-state index is 6.05. The summed E-state index contributed by atoms with van der Waals surface area (Å²) < 4.78 is 6.05. The van der Waals surface area contributed by atoms with Gasteiger partial charge in [-0.3, -0.25) is 0 Å². The molecule has 1 saturated carbocycles. The van der Waals surface area contributed by atoms with Crippen LogP contribution in [0, 0.1) is 11.3 Å². The molecule has 0 radical (unpaired) electrons. The minimum Gasteiger partial charge on any atom is -0.474 e. The van der Waals surface area contributed by atoms with Crippen molar-refractivity contribution in [2.45, 2.75) is 59.5 Å². The fraction of sp³-hybridized carbons (Fsp3) is 0.733. The van der Waals surface area contributed by atoms with E-state index in [-0.39, 0.29) is 6.10 Å². The van der Waals surface area contributed by atoms with Crippen LogP contribution in [0.5, 0.6) is 5.88 Å². The second-order valence-electron chi connectivity index (χ2n) is 6.45. The van der Waals surface area contributed by atoms with Crippen LogP contribution in [0.4, 0.5) is 0 Å². The summed E-state index contributed by atoms with van der Waals surface area (Å²) >= 11 is 6.00. The summed E-state index contributed by atoms with van der Waals surface area (Å²) in [6.07, 6.45) is 4.42. The first kappa shape index (κ1) is 14.6. The molecule has 1 aliphatic carbocycles. The van der Waals surface area contributed by atoms with Crippen molar-refractivity contribution in [2.75, 3.05) is 0 Å². The van der Waals surface area contributed by atoms with Crippen LogP contribution in [-0.4, -0.2) is 16.1 Å². The van der Waals surface area contributed by atoms with Gasteiger partial charge in [0, 0.05) is 12.5 Å². The normalized spacial score (nSPS) is 26.2. The molecule has 106 valence electrons. The second kappa shape index (κ2) is 5.66. The van der Waals surface area contributed by atoms with Crippen LogP contribution < -0.4 is 4.74 Å². The first-order valence-electron chi connectivity index (χ1n) is 7.08. The average molecular weight is 283 g/mol. The molecule has 1 fully saturated rings. The van der Waals surface area contributed by atoms with Crippen LogP contribution in [0.25, 0.3) is 0 Å². The molecule has 1 heterocycles. The largest absolute Gasteiger partial charge is 0.474 e. The van der Waals surface area contributed by atoms with Crippen molar-refractivity contribution in [3.63, 3.8) is 0 Å². The van der Waals surface area contributed by atoms with Gasteiger partial charge in [0.2, 0.25) is 5.88 Å². The van der Waals surface area contributed by atoms with Gasteiger partial charge in [-0.2, -0.15) is 4.98 Å². The zero-order valence-corrected chi connectivity index (χ0v) is 13.0. The third-order valence-corrected chi connectivity index (χ3v) is 3.86. The van der Waals surface area contributed by atoms with E-state index in [0.717, 1.165) is 25.1 Å². The lowest BCUT2D eigenvalue weighted by molar-refractivity contribution is 0.0530. The van der Waals surface area contributed by atoms with Crippen LogP contribution >= 0.6 is 11.6 Å². The molecule has 0 aromatic carbocycles. The third kappa shape index (κ3) is 4.07. The van der Waals surface area contributed by atoms with Crippen molar-refractivity contribution in [2.24, 2.45) is 11.3 Å². The Kier molecular flexibility index (Phi) is 4.34. The summed E-state index contributed by atoms with van der Waals surface area (Å²) in [5.41, 5.74) is 0.340. The predicted molar refractivity (Wildman–Crippen MR) is 77.6 cm³/mol. The molecular formula is C15H23ClN2O. The summed E-state index contributed by atoms with van der Waals surface area (Å²) in [5.74, 6) is 2.05. The van der Waals surface area contributed by atoms with E-state index in [0.29, 0.717) is 22.4 Å². The molecule has 1 aliphatic rings. The first-order valence-corrected chi connectivity index (χ1v) is 7.46. The van der Waals surface area contributed by atoms with Crippen LogP contribution in [0.15, 0.2) is 6.07 Å². The standard InChI is InChI=1S/C15H23ClN2O/c1-5-13-17-12(16)7-14(18-13)19-11-6-10(2)8-15(3,4)9-11/h7,10-11H,5-6,8-9H2,1-4H3. The van der Waals surface area contributed by atoms with Crippen LogP contribution in [0.3, 0.4) is 0 Å². The molecule has 0 saturated heterocycles. The number of rotatable bonds is 3. The Morgan fingerprint density at radius 2 is 2.11 bits per heavy atom. The van der Waals surface area contributed by atoms with Gasteiger partial charge in [0.05, 0.1) is 0 Å². The van der Waals surface area contributed by atoms with E-state index in [4.69, 9.17) is 16.3 Å². The summed E-state index contributed by atoms with van der Waals surface area (Å²) in [5, 5.41) is 0.463. The third-order valence-electron chi connectivity index (χ3n) is 3.67. The zero-order chi connectivity index (χ0) is 14.0.